The summed E-state index contributed by atoms with van der Waals surface area (Å²) in [6.45, 7) is 2.46. The molecule has 0 unspecified atom stereocenters. The van der Waals surface area contributed by atoms with E-state index in [1.54, 1.807) is 7.11 Å². The maximum absolute atomic E-state index is 11.8. The molecular weight excluding hydrogens is 304 g/mol. The van der Waals surface area contributed by atoms with E-state index in [0.717, 1.165) is 16.9 Å². The van der Waals surface area contributed by atoms with Crippen LogP contribution in [-0.4, -0.2) is 32.7 Å². The molecule has 0 heterocycles. The zero-order valence-corrected chi connectivity index (χ0v) is 14.0. The van der Waals surface area contributed by atoms with E-state index in [9.17, 15) is 4.79 Å². The van der Waals surface area contributed by atoms with Crippen LogP contribution in [0.15, 0.2) is 54.6 Å². The van der Waals surface area contributed by atoms with Crippen molar-refractivity contribution in [3.05, 3.63) is 65.7 Å². The molecule has 0 saturated heterocycles. The van der Waals surface area contributed by atoms with Gasteiger partial charge in [-0.15, -0.1) is 0 Å². The summed E-state index contributed by atoms with van der Waals surface area (Å²) in [6, 6.07) is 17.7. The Kier molecular flexibility index (Phi) is 7.80. The van der Waals surface area contributed by atoms with Crippen molar-refractivity contribution in [2.75, 3.05) is 26.8 Å². The van der Waals surface area contributed by atoms with Gasteiger partial charge in [0, 0.05) is 25.8 Å². The average molecular weight is 328 g/mol. The monoisotopic (exact) mass is 328 g/mol. The highest BCUT2D eigenvalue weighted by molar-refractivity contribution is 5.78. The summed E-state index contributed by atoms with van der Waals surface area (Å²) < 4.78 is 10.8. The number of methoxy groups -OCH3 is 1. The summed E-state index contributed by atoms with van der Waals surface area (Å²) in [5.41, 5.74) is 2.07. The van der Waals surface area contributed by atoms with Crippen molar-refractivity contribution in [2.45, 2.75) is 13.2 Å². The summed E-state index contributed by atoms with van der Waals surface area (Å²) in [5.74, 6) is 0.734. The van der Waals surface area contributed by atoms with Gasteiger partial charge < -0.3 is 20.1 Å². The Morgan fingerprint density at radius 2 is 1.79 bits per heavy atom. The second-order valence-electron chi connectivity index (χ2n) is 5.33. The van der Waals surface area contributed by atoms with Crippen molar-refractivity contribution in [1.29, 1.82) is 0 Å². The molecule has 0 radical (unpaired) electrons. The van der Waals surface area contributed by atoms with E-state index in [2.05, 4.69) is 10.6 Å². The van der Waals surface area contributed by atoms with Gasteiger partial charge in [-0.25, -0.2) is 0 Å². The molecule has 0 aromatic heterocycles. The third-order valence-corrected chi connectivity index (χ3v) is 3.45. The lowest BCUT2D eigenvalue weighted by Crippen LogP contribution is -2.34. The summed E-state index contributed by atoms with van der Waals surface area (Å²) in [7, 11) is 1.63. The van der Waals surface area contributed by atoms with Gasteiger partial charge in [-0.2, -0.15) is 0 Å². The highest BCUT2D eigenvalue weighted by Crippen LogP contribution is 2.19. The lowest BCUT2D eigenvalue weighted by atomic mass is 10.2. The summed E-state index contributed by atoms with van der Waals surface area (Å²) in [5, 5.41) is 5.91. The fourth-order valence-corrected chi connectivity index (χ4v) is 2.16. The minimum absolute atomic E-state index is 0.0519. The number of carbonyl (C=O) groups is 1. The second-order valence-corrected chi connectivity index (χ2v) is 5.33. The molecular formula is C19H24N2O3. The predicted molar refractivity (Wildman–Crippen MR) is 93.8 cm³/mol. The number of hydrogen-bond donors (Lipinski definition) is 2. The number of amides is 1. The van der Waals surface area contributed by atoms with E-state index in [1.165, 1.54) is 0 Å². The average Bonchev–Trinajstić information content (AvgIpc) is 2.63. The minimum Gasteiger partial charge on any atom is -0.489 e. The molecule has 0 fully saturated rings. The molecule has 5 heteroatoms. The van der Waals surface area contributed by atoms with Crippen LogP contribution in [0.1, 0.15) is 11.1 Å². The van der Waals surface area contributed by atoms with Gasteiger partial charge in [0.15, 0.2) is 0 Å². The van der Waals surface area contributed by atoms with Crippen LogP contribution in [0.3, 0.4) is 0 Å². The number of nitrogens with one attached hydrogen (secondary N) is 2. The lowest BCUT2D eigenvalue weighted by molar-refractivity contribution is -0.120. The molecule has 2 rings (SSSR count). The maximum Gasteiger partial charge on any atom is 0.234 e. The molecule has 0 spiro atoms. The quantitative estimate of drug-likeness (QED) is 0.656. The topological polar surface area (TPSA) is 59.6 Å². The van der Waals surface area contributed by atoms with Crippen LogP contribution in [0.5, 0.6) is 5.75 Å². The molecule has 1 amide bonds. The molecule has 5 nitrogen and oxygen atoms in total. The van der Waals surface area contributed by atoms with Crippen LogP contribution in [0.4, 0.5) is 0 Å². The SMILES string of the molecule is COCCNCC(=O)NCc1ccccc1OCc1ccccc1. The summed E-state index contributed by atoms with van der Waals surface area (Å²) >= 11 is 0. The van der Waals surface area contributed by atoms with Crippen molar-refractivity contribution < 1.29 is 14.3 Å². The van der Waals surface area contributed by atoms with Crippen LogP contribution in [0.25, 0.3) is 0 Å². The molecule has 128 valence electrons. The van der Waals surface area contributed by atoms with Crippen LogP contribution in [0, 0.1) is 0 Å². The van der Waals surface area contributed by atoms with E-state index < -0.39 is 0 Å². The molecule has 0 saturated carbocycles. The fraction of sp³-hybridized carbons (Fsp3) is 0.316. The third kappa shape index (κ3) is 6.40. The van der Waals surface area contributed by atoms with Gasteiger partial charge in [-0.05, 0) is 11.6 Å². The Balaban J connectivity index is 1.81. The molecule has 0 aliphatic heterocycles. The first-order chi connectivity index (χ1) is 11.8. The van der Waals surface area contributed by atoms with Gasteiger partial charge in [0.25, 0.3) is 0 Å². The first kappa shape index (κ1) is 18.0. The molecule has 2 N–H and O–H groups in total. The lowest BCUT2D eigenvalue weighted by Gasteiger charge is -2.12. The normalized spacial score (nSPS) is 10.4. The third-order valence-electron chi connectivity index (χ3n) is 3.45. The standard InChI is InChI=1S/C19H24N2O3/c1-23-12-11-20-14-19(22)21-13-17-9-5-6-10-18(17)24-15-16-7-3-2-4-8-16/h2-10,20H,11-15H2,1H3,(H,21,22). The van der Waals surface area contributed by atoms with E-state index in [4.69, 9.17) is 9.47 Å². The largest absolute Gasteiger partial charge is 0.489 e. The smallest absolute Gasteiger partial charge is 0.234 e. The second kappa shape index (κ2) is 10.4. The number of para-hydroxylation sites is 1. The van der Waals surface area contributed by atoms with Crippen LogP contribution in [-0.2, 0) is 22.7 Å². The minimum atomic E-state index is -0.0519. The number of hydrogen-bond acceptors (Lipinski definition) is 4. The number of ether oxygens (including phenoxy) is 2. The van der Waals surface area contributed by atoms with Gasteiger partial charge in [0.2, 0.25) is 5.91 Å². The predicted octanol–water partition coefficient (Wildman–Crippen LogP) is 2.12. The summed E-state index contributed by atoms with van der Waals surface area (Å²) in [6.07, 6.45) is 0. The van der Waals surface area contributed by atoms with Crippen molar-refractivity contribution >= 4 is 5.91 Å². The zero-order chi connectivity index (χ0) is 17.0. The number of benzene rings is 2. The van der Waals surface area contributed by atoms with Gasteiger partial charge >= 0.3 is 0 Å². The molecule has 2 aromatic rings. The molecule has 24 heavy (non-hydrogen) atoms. The Morgan fingerprint density at radius 1 is 1.04 bits per heavy atom. The maximum atomic E-state index is 11.8. The Morgan fingerprint density at radius 3 is 2.58 bits per heavy atom. The molecule has 0 bridgehead atoms. The molecule has 0 atom stereocenters. The van der Waals surface area contributed by atoms with Gasteiger partial charge in [-0.1, -0.05) is 48.5 Å². The van der Waals surface area contributed by atoms with E-state index >= 15 is 0 Å². The highest BCUT2D eigenvalue weighted by Gasteiger charge is 2.06. The van der Waals surface area contributed by atoms with Crippen LogP contribution in [0.2, 0.25) is 0 Å². The Bertz CT molecular complexity index is 617. The van der Waals surface area contributed by atoms with Gasteiger partial charge in [0.1, 0.15) is 12.4 Å². The molecule has 0 aliphatic rings. The first-order valence-corrected chi connectivity index (χ1v) is 8.00. The zero-order valence-electron chi connectivity index (χ0n) is 14.0. The van der Waals surface area contributed by atoms with E-state index in [-0.39, 0.29) is 12.5 Å². The van der Waals surface area contributed by atoms with Crippen LogP contribution >= 0.6 is 0 Å². The van der Waals surface area contributed by atoms with Crippen LogP contribution < -0.4 is 15.4 Å². The van der Waals surface area contributed by atoms with Crippen molar-refractivity contribution in [1.82, 2.24) is 10.6 Å². The molecule has 2 aromatic carbocycles. The van der Waals surface area contributed by atoms with Crippen molar-refractivity contribution in [2.24, 2.45) is 0 Å². The molecule has 0 aliphatic carbocycles. The van der Waals surface area contributed by atoms with E-state index in [0.29, 0.717) is 26.3 Å². The highest BCUT2D eigenvalue weighted by atomic mass is 16.5. The van der Waals surface area contributed by atoms with Crippen molar-refractivity contribution in [3.63, 3.8) is 0 Å². The Hall–Kier alpha value is -2.37. The first-order valence-electron chi connectivity index (χ1n) is 8.00. The summed E-state index contributed by atoms with van der Waals surface area (Å²) in [4.78, 5) is 11.8. The fourth-order valence-electron chi connectivity index (χ4n) is 2.16. The Labute approximate surface area is 143 Å². The van der Waals surface area contributed by atoms with Gasteiger partial charge in [-0.3, -0.25) is 4.79 Å². The number of carbonyl (C=O) groups excluding carboxylic acids is 1. The van der Waals surface area contributed by atoms with Gasteiger partial charge in [0.05, 0.1) is 13.2 Å². The van der Waals surface area contributed by atoms with E-state index in [1.807, 2.05) is 54.6 Å². The van der Waals surface area contributed by atoms with Crippen molar-refractivity contribution in [3.8, 4) is 5.75 Å². The number of rotatable bonds is 10.